The molecule has 0 bridgehead atoms. The first-order chi connectivity index (χ1) is 7.15. The van der Waals surface area contributed by atoms with Crippen LogP contribution in [-0.4, -0.2) is 22.4 Å². The van der Waals surface area contributed by atoms with Gasteiger partial charge in [0.2, 0.25) is 0 Å². The van der Waals surface area contributed by atoms with Crippen LogP contribution in [0.1, 0.15) is 25.5 Å². The van der Waals surface area contributed by atoms with Crippen LogP contribution in [0, 0.1) is 6.92 Å². The summed E-state index contributed by atoms with van der Waals surface area (Å²) in [6.07, 6.45) is 2.77. The highest BCUT2D eigenvalue weighted by Gasteiger charge is 2.05. The first kappa shape index (κ1) is 11.6. The molecule has 15 heavy (non-hydrogen) atoms. The summed E-state index contributed by atoms with van der Waals surface area (Å²) in [5.74, 6) is -0.157. The van der Waals surface area contributed by atoms with Gasteiger partial charge in [0.1, 0.15) is 0 Å². The Labute approximate surface area is 89.2 Å². The van der Waals surface area contributed by atoms with Gasteiger partial charge in [-0.2, -0.15) is 5.10 Å². The number of carbonyl (C=O) groups is 1. The van der Waals surface area contributed by atoms with Gasteiger partial charge in [-0.25, -0.2) is 0 Å². The molecule has 1 aromatic rings. The fourth-order valence-corrected chi connectivity index (χ4v) is 1.29. The number of hydrogen-bond acceptors (Lipinski definition) is 4. The molecule has 0 atom stereocenters. The lowest BCUT2D eigenvalue weighted by atomic mass is 10.3. The Hall–Kier alpha value is -1.52. The number of esters is 1. The second-order valence-corrected chi connectivity index (χ2v) is 3.32. The molecule has 0 aliphatic heterocycles. The van der Waals surface area contributed by atoms with E-state index in [1.165, 1.54) is 0 Å². The lowest BCUT2D eigenvalue weighted by molar-refractivity contribution is -0.143. The molecule has 5 nitrogen and oxygen atoms in total. The Bertz CT molecular complexity index is 333. The predicted molar refractivity (Wildman–Crippen MR) is 57.2 cm³/mol. The minimum Gasteiger partial charge on any atom is -0.466 e. The van der Waals surface area contributed by atoms with Gasteiger partial charge < -0.3 is 10.5 Å². The third kappa shape index (κ3) is 3.27. The number of aryl methyl sites for hydroxylation is 1. The molecule has 0 fully saturated rings. The number of hydrogen-bond donors (Lipinski definition) is 1. The van der Waals surface area contributed by atoms with Gasteiger partial charge in [0, 0.05) is 13.0 Å². The van der Waals surface area contributed by atoms with Crippen molar-refractivity contribution in [3.8, 4) is 0 Å². The van der Waals surface area contributed by atoms with Crippen LogP contribution < -0.4 is 5.73 Å². The van der Waals surface area contributed by atoms with E-state index in [1.807, 2.05) is 6.92 Å². The molecule has 1 rings (SSSR count). The monoisotopic (exact) mass is 211 g/mol. The number of carbonyl (C=O) groups excluding carboxylic acids is 1. The van der Waals surface area contributed by atoms with Crippen molar-refractivity contribution in [2.75, 3.05) is 12.3 Å². The second kappa shape index (κ2) is 5.38. The number of nitrogens with zero attached hydrogens (tertiary/aromatic N) is 2. The third-order valence-corrected chi connectivity index (χ3v) is 2.20. The van der Waals surface area contributed by atoms with Gasteiger partial charge in [-0.3, -0.25) is 9.48 Å². The zero-order valence-electron chi connectivity index (χ0n) is 9.19. The molecular formula is C10H17N3O2. The lowest BCUT2D eigenvalue weighted by Crippen LogP contribution is -2.08. The lowest BCUT2D eigenvalue weighted by Gasteiger charge is -2.04. The van der Waals surface area contributed by atoms with Crippen molar-refractivity contribution in [3.63, 3.8) is 0 Å². The fourth-order valence-electron chi connectivity index (χ4n) is 1.29. The Morgan fingerprint density at radius 3 is 2.93 bits per heavy atom. The minimum atomic E-state index is -0.157. The molecule has 0 aliphatic carbocycles. The van der Waals surface area contributed by atoms with E-state index in [9.17, 15) is 4.79 Å². The molecule has 1 aromatic heterocycles. The summed E-state index contributed by atoms with van der Waals surface area (Å²) in [5.41, 5.74) is 7.27. The van der Waals surface area contributed by atoms with E-state index in [4.69, 9.17) is 10.5 Å². The molecule has 0 radical (unpaired) electrons. The van der Waals surface area contributed by atoms with Crippen molar-refractivity contribution in [3.05, 3.63) is 11.9 Å². The van der Waals surface area contributed by atoms with Crippen molar-refractivity contribution in [1.82, 2.24) is 9.78 Å². The summed E-state index contributed by atoms with van der Waals surface area (Å²) in [4.78, 5) is 11.0. The first-order valence-electron chi connectivity index (χ1n) is 5.08. The Balaban J connectivity index is 2.32. The summed E-state index contributed by atoms with van der Waals surface area (Å²) < 4.78 is 6.62. The number of rotatable bonds is 5. The van der Waals surface area contributed by atoms with Crippen molar-refractivity contribution in [2.24, 2.45) is 0 Å². The summed E-state index contributed by atoms with van der Waals surface area (Å²) in [7, 11) is 0. The zero-order valence-corrected chi connectivity index (χ0v) is 9.19. The van der Waals surface area contributed by atoms with Crippen molar-refractivity contribution < 1.29 is 9.53 Å². The molecule has 0 saturated carbocycles. The largest absolute Gasteiger partial charge is 0.466 e. The quantitative estimate of drug-likeness (QED) is 0.741. The van der Waals surface area contributed by atoms with E-state index in [0.717, 1.165) is 12.1 Å². The van der Waals surface area contributed by atoms with Gasteiger partial charge in [-0.15, -0.1) is 0 Å². The van der Waals surface area contributed by atoms with E-state index in [1.54, 1.807) is 17.8 Å². The molecule has 0 aliphatic rings. The number of aromatic nitrogens is 2. The molecule has 0 saturated heterocycles. The molecular weight excluding hydrogens is 194 g/mol. The molecule has 5 heteroatoms. The highest BCUT2D eigenvalue weighted by molar-refractivity contribution is 5.69. The maximum absolute atomic E-state index is 11.0. The summed E-state index contributed by atoms with van der Waals surface area (Å²) in [6, 6.07) is 0. The molecule has 84 valence electrons. The number of anilines is 1. The Morgan fingerprint density at radius 1 is 1.67 bits per heavy atom. The second-order valence-electron chi connectivity index (χ2n) is 3.32. The predicted octanol–water partition coefficient (Wildman–Crippen LogP) is 1.12. The topological polar surface area (TPSA) is 70.1 Å². The number of nitrogen functional groups attached to an aromatic ring is 1. The normalized spacial score (nSPS) is 10.3. The average Bonchev–Trinajstić information content (AvgIpc) is 2.50. The standard InChI is InChI=1S/C10H17N3O2/c1-3-15-10(14)5-4-6-13-8(2)9(11)7-12-13/h7H,3-6,11H2,1-2H3. The number of nitrogens with two attached hydrogens (primary N) is 1. The van der Waals surface area contributed by atoms with E-state index in [-0.39, 0.29) is 5.97 Å². The van der Waals surface area contributed by atoms with Crippen LogP contribution in [0.2, 0.25) is 0 Å². The zero-order chi connectivity index (χ0) is 11.3. The van der Waals surface area contributed by atoms with Crippen LogP contribution >= 0.6 is 0 Å². The fraction of sp³-hybridized carbons (Fsp3) is 0.600. The minimum absolute atomic E-state index is 0.157. The SMILES string of the molecule is CCOC(=O)CCCn1ncc(N)c1C. The van der Waals surface area contributed by atoms with Crippen molar-refractivity contribution >= 4 is 11.7 Å². The maximum Gasteiger partial charge on any atom is 0.305 e. The maximum atomic E-state index is 11.0. The highest BCUT2D eigenvalue weighted by atomic mass is 16.5. The van der Waals surface area contributed by atoms with Crippen LogP contribution in [0.3, 0.4) is 0 Å². The average molecular weight is 211 g/mol. The van der Waals surface area contributed by atoms with Crippen LogP contribution in [0.25, 0.3) is 0 Å². The molecule has 0 unspecified atom stereocenters. The van der Waals surface area contributed by atoms with Gasteiger partial charge in [-0.05, 0) is 20.3 Å². The van der Waals surface area contributed by atoms with Gasteiger partial charge in [0.15, 0.2) is 0 Å². The molecule has 1 heterocycles. The van der Waals surface area contributed by atoms with E-state index in [0.29, 0.717) is 25.3 Å². The van der Waals surface area contributed by atoms with E-state index >= 15 is 0 Å². The first-order valence-corrected chi connectivity index (χ1v) is 5.08. The Morgan fingerprint density at radius 2 is 2.40 bits per heavy atom. The van der Waals surface area contributed by atoms with Gasteiger partial charge >= 0.3 is 5.97 Å². The number of ether oxygens (including phenoxy) is 1. The van der Waals surface area contributed by atoms with Gasteiger partial charge in [0.25, 0.3) is 0 Å². The smallest absolute Gasteiger partial charge is 0.305 e. The molecule has 0 spiro atoms. The highest BCUT2D eigenvalue weighted by Crippen LogP contribution is 2.09. The summed E-state index contributed by atoms with van der Waals surface area (Å²) >= 11 is 0. The Kier molecular flexibility index (Phi) is 4.15. The van der Waals surface area contributed by atoms with Crippen molar-refractivity contribution in [2.45, 2.75) is 33.2 Å². The van der Waals surface area contributed by atoms with Crippen molar-refractivity contribution in [1.29, 1.82) is 0 Å². The van der Waals surface area contributed by atoms with E-state index in [2.05, 4.69) is 5.10 Å². The van der Waals surface area contributed by atoms with E-state index < -0.39 is 0 Å². The summed E-state index contributed by atoms with van der Waals surface area (Å²) in [5, 5.41) is 4.10. The van der Waals surface area contributed by atoms with Crippen LogP contribution in [-0.2, 0) is 16.1 Å². The van der Waals surface area contributed by atoms with Crippen LogP contribution in [0.15, 0.2) is 6.20 Å². The third-order valence-electron chi connectivity index (χ3n) is 2.20. The summed E-state index contributed by atoms with van der Waals surface area (Å²) in [6.45, 7) is 4.84. The molecule has 2 N–H and O–H groups in total. The van der Waals surface area contributed by atoms with Gasteiger partial charge in [0.05, 0.1) is 24.2 Å². The van der Waals surface area contributed by atoms with Crippen LogP contribution in [0.4, 0.5) is 5.69 Å². The van der Waals surface area contributed by atoms with Crippen LogP contribution in [0.5, 0.6) is 0 Å². The van der Waals surface area contributed by atoms with Gasteiger partial charge in [-0.1, -0.05) is 0 Å². The molecule has 0 aromatic carbocycles. The molecule has 0 amide bonds.